The number of rotatable bonds is 3. The molecule has 0 N–H and O–H groups in total. The molecule has 0 unspecified atom stereocenters. The molecule has 226 valence electrons. The van der Waals surface area contributed by atoms with E-state index in [1.165, 1.54) is 87.5 Å². The highest BCUT2D eigenvalue weighted by Gasteiger charge is 2.35. The van der Waals surface area contributed by atoms with E-state index in [2.05, 4.69) is 183 Å². The molecule has 0 fully saturated rings. The molecule has 1 aliphatic carbocycles. The van der Waals surface area contributed by atoms with Crippen LogP contribution < -0.4 is 4.90 Å². The molecule has 0 aliphatic heterocycles. The van der Waals surface area contributed by atoms with Crippen molar-refractivity contribution in [3.8, 4) is 11.1 Å². The Labute approximate surface area is 280 Å². The second-order valence-electron chi connectivity index (χ2n) is 13.7. The number of hydrogen-bond acceptors (Lipinski definition) is 1. The molecule has 0 spiro atoms. The van der Waals surface area contributed by atoms with Gasteiger partial charge in [-0.25, -0.2) is 0 Å². The maximum Gasteiger partial charge on any atom is 0.0546 e. The third-order valence-corrected chi connectivity index (χ3v) is 10.8. The van der Waals surface area contributed by atoms with Gasteiger partial charge in [0.2, 0.25) is 0 Å². The molecule has 0 aromatic heterocycles. The first-order chi connectivity index (χ1) is 23.6. The molecule has 0 bridgehead atoms. The predicted octanol–water partition coefficient (Wildman–Crippen LogP) is 13.2. The van der Waals surface area contributed by atoms with Gasteiger partial charge in [-0.1, -0.05) is 141 Å². The zero-order chi connectivity index (χ0) is 32.0. The van der Waals surface area contributed by atoms with Crippen LogP contribution >= 0.6 is 0 Å². The van der Waals surface area contributed by atoms with Crippen molar-refractivity contribution in [2.75, 3.05) is 4.90 Å². The Morgan fingerprint density at radius 2 is 1.04 bits per heavy atom. The van der Waals surface area contributed by atoms with E-state index in [-0.39, 0.29) is 5.41 Å². The first-order valence-corrected chi connectivity index (χ1v) is 16.9. The lowest BCUT2D eigenvalue weighted by Crippen LogP contribution is -2.15. The maximum absolute atomic E-state index is 2.50. The summed E-state index contributed by atoms with van der Waals surface area (Å²) in [6.45, 7) is 4.74. The summed E-state index contributed by atoms with van der Waals surface area (Å²) in [4.78, 5) is 2.50. The molecule has 0 saturated heterocycles. The van der Waals surface area contributed by atoms with Crippen LogP contribution in [-0.2, 0) is 5.41 Å². The van der Waals surface area contributed by atoms with Crippen LogP contribution in [0.4, 0.5) is 17.1 Å². The van der Waals surface area contributed by atoms with Gasteiger partial charge in [0.1, 0.15) is 0 Å². The number of fused-ring (bicyclic) bond motifs is 11. The number of para-hydroxylation sites is 1. The molecule has 0 atom stereocenters. The summed E-state index contributed by atoms with van der Waals surface area (Å²) in [7, 11) is 0. The van der Waals surface area contributed by atoms with Gasteiger partial charge in [0.05, 0.1) is 11.4 Å². The third-order valence-electron chi connectivity index (χ3n) is 10.8. The highest BCUT2D eigenvalue weighted by molar-refractivity contribution is 6.23. The summed E-state index contributed by atoms with van der Waals surface area (Å²) >= 11 is 0. The predicted molar refractivity (Wildman–Crippen MR) is 206 cm³/mol. The van der Waals surface area contributed by atoms with Crippen molar-refractivity contribution in [2.24, 2.45) is 0 Å². The van der Waals surface area contributed by atoms with E-state index in [1.807, 2.05) is 0 Å². The monoisotopic (exact) mass is 611 g/mol. The quantitative estimate of drug-likeness (QED) is 0.180. The van der Waals surface area contributed by atoms with Crippen LogP contribution in [0, 0.1) is 0 Å². The Bertz CT molecular complexity index is 2750. The second-order valence-corrected chi connectivity index (χ2v) is 13.7. The molecule has 1 heteroatoms. The summed E-state index contributed by atoms with van der Waals surface area (Å²) in [5.41, 5.74) is 8.93. The van der Waals surface area contributed by atoms with Crippen LogP contribution in [0.1, 0.15) is 25.0 Å². The van der Waals surface area contributed by atoms with Gasteiger partial charge in [-0.2, -0.15) is 0 Å². The maximum atomic E-state index is 2.50. The van der Waals surface area contributed by atoms with E-state index in [9.17, 15) is 0 Å². The van der Waals surface area contributed by atoms with Crippen molar-refractivity contribution in [3.63, 3.8) is 0 Å². The number of benzene rings is 9. The Morgan fingerprint density at radius 1 is 0.375 bits per heavy atom. The Hall–Kier alpha value is -5.92. The lowest BCUT2D eigenvalue weighted by Gasteiger charge is -2.29. The zero-order valence-electron chi connectivity index (χ0n) is 27.0. The molecule has 0 amide bonds. The van der Waals surface area contributed by atoms with Gasteiger partial charge in [-0.05, 0) is 102 Å². The Morgan fingerprint density at radius 3 is 1.92 bits per heavy atom. The van der Waals surface area contributed by atoms with Crippen molar-refractivity contribution in [2.45, 2.75) is 19.3 Å². The lowest BCUT2D eigenvalue weighted by molar-refractivity contribution is 0.661. The number of anilines is 3. The van der Waals surface area contributed by atoms with Crippen molar-refractivity contribution in [1.82, 2.24) is 0 Å². The normalized spacial score (nSPS) is 13.4. The van der Waals surface area contributed by atoms with Crippen LogP contribution in [0.15, 0.2) is 164 Å². The molecule has 0 heterocycles. The SMILES string of the molecule is CC1(C)c2ccccc2-c2cc3ccc4cccc(N(c5ccccc5)c5cc6c7ccccc7ccc6c6ccccc56)c4c3cc21. The summed E-state index contributed by atoms with van der Waals surface area (Å²) in [6, 6.07) is 60.8. The molecular formula is C47H33N. The van der Waals surface area contributed by atoms with Crippen LogP contribution in [-0.4, -0.2) is 0 Å². The van der Waals surface area contributed by atoms with Crippen molar-refractivity contribution in [1.29, 1.82) is 0 Å². The van der Waals surface area contributed by atoms with E-state index in [1.54, 1.807) is 0 Å². The van der Waals surface area contributed by atoms with Gasteiger partial charge >= 0.3 is 0 Å². The minimum atomic E-state index is -0.0774. The van der Waals surface area contributed by atoms with Crippen LogP contribution in [0.3, 0.4) is 0 Å². The molecule has 0 saturated carbocycles. The minimum absolute atomic E-state index is 0.0774. The molecule has 0 radical (unpaired) electrons. The van der Waals surface area contributed by atoms with Crippen LogP contribution in [0.2, 0.25) is 0 Å². The summed E-state index contributed by atoms with van der Waals surface area (Å²) < 4.78 is 0. The van der Waals surface area contributed by atoms with Crippen molar-refractivity contribution in [3.05, 3.63) is 175 Å². The van der Waals surface area contributed by atoms with Crippen molar-refractivity contribution >= 4 is 70.9 Å². The van der Waals surface area contributed by atoms with E-state index < -0.39 is 0 Å². The number of hydrogen-bond donors (Lipinski definition) is 0. The van der Waals surface area contributed by atoms with Crippen LogP contribution in [0.5, 0.6) is 0 Å². The zero-order valence-corrected chi connectivity index (χ0v) is 27.0. The number of nitrogens with zero attached hydrogens (tertiary/aromatic N) is 1. The summed E-state index contributed by atoms with van der Waals surface area (Å²) in [6.07, 6.45) is 0. The fourth-order valence-corrected chi connectivity index (χ4v) is 8.49. The molecule has 10 rings (SSSR count). The third kappa shape index (κ3) is 3.79. The average Bonchev–Trinajstić information content (AvgIpc) is 3.36. The van der Waals surface area contributed by atoms with E-state index in [0.29, 0.717) is 0 Å². The topological polar surface area (TPSA) is 3.24 Å². The van der Waals surface area contributed by atoms with E-state index in [0.717, 1.165) is 5.69 Å². The molecular weight excluding hydrogens is 579 g/mol. The van der Waals surface area contributed by atoms with Gasteiger partial charge in [0.15, 0.2) is 0 Å². The second kappa shape index (κ2) is 10.0. The molecule has 48 heavy (non-hydrogen) atoms. The van der Waals surface area contributed by atoms with Crippen molar-refractivity contribution < 1.29 is 0 Å². The van der Waals surface area contributed by atoms with Crippen LogP contribution in [0.25, 0.3) is 65.0 Å². The molecule has 1 nitrogen and oxygen atoms in total. The van der Waals surface area contributed by atoms with E-state index >= 15 is 0 Å². The first kappa shape index (κ1) is 27.2. The highest BCUT2D eigenvalue weighted by Crippen LogP contribution is 2.52. The molecule has 1 aliphatic rings. The van der Waals surface area contributed by atoms with Gasteiger partial charge in [-0.15, -0.1) is 0 Å². The molecule has 9 aromatic rings. The Kier molecular flexibility index (Phi) is 5.69. The standard InChI is InChI=1S/C47H33N/c1-47(2)42-21-11-10-19-37(42)41-27-32-24-23-31-14-12-22-44(46(31)39(32)28-43(41)47)48(33-15-4-3-5-16-33)45-29-40-34-17-7-6-13-30(34)25-26-36(40)35-18-8-9-20-38(35)45/h3-29H,1-2H3. The highest BCUT2D eigenvalue weighted by atomic mass is 15.1. The first-order valence-electron chi connectivity index (χ1n) is 16.9. The van der Waals surface area contributed by atoms with Gasteiger partial charge in [-0.3, -0.25) is 0 Å². The average molecular weight is 612 g/mol. The fourth-order valence-electron chi connectivity index (χ4n) is 8.49. The fraction of sp³-hybridized carbons (Fsp3) is 0.0638. The Balaban J connectivity index is 1.33. The van der Waals surface area contributed by atoms with E-state index in [4.69, 9.17) is 0 Å². The van der Waals surface area contributed by atoms with Gasteiger partial charge in [0, 0.05) is 21.9 Å². The summed E-state index contributed by atoms with van der Waals surface area (Å²) in [5, 5.41) is 12.6. The minimum Gasteiger partial charge on any atom is -0.309 e. The largest absolute Gasteiger partial charge is 0.309 e. The lowest BCUT2D eigenvalue weighted by atomic mass is 9.81. The summed E-state index contributed by atoms with van der Waals surface area (Å²) in [5.74, 6) is 0. The smallest absolute Gasteiger partial charge is 0.0546 e. The molecule has 9 aromatic carbocycles. The van der Waals surface area contributed by atoms with Gasteiger partial charge in [0.25, 0.3) is 0 Å². The van der Waals surface area contributed by atoms with Gasteiger partial charge < -0.3 is 4.90 Å².